The monoisotopic (exact) mass is 228 g/mol. The van der Waals surface area contributed by atoms with Gasteiger partial charge in [0, 0.05) is 18.3 Å². The van der Waals surface area contributed by atoms with Gasteiger partial charge in [0.2, 0.25) is 0 Å². The predicted molar refractivity (Wildman–Crippen MR) is 75.6 cm³/mol. The number of likely N-dealkylation sites (N-methyl/N-ethyl adjacent to an activating group) is 1. The van der Waals surface area contributed by atoms with Gasteiger partial charge in [-0.1, -0.05) is 30.3 Å². The molecule has 17 heavy (non-hydrogen) atoms. The lowest BCUT2D eigenvalue weighted by atomic mass is 10.1. The average molecular weight is 228 g/mol. The molecule has 1 unspecified atom stereocenters. The Morgan fingerprint density at radius 2 is 1.76 bits per heavy atom. The maximum absolute atomic E-state index is 3.52. The normalized spacial score (nSPS) is 12.9. The highest BCUT2D eigenvalue weighted by atomic mass is 15.1. The molecule has 2 aromatic rings. The quantitative estimate of drug-likeness (QED) is 0.864. The minimum absolute atomic E-state index is 0.450. The van der Waals surface area contributed by atoms with Crippen LogP contribution in [0.4, 0.5) is 5.69 Å². The van der Waals surface area contributed by atoms with Crippen LogP contribution < -0.4 is 5.32 Å². The van der Waals surface area contributed by atoms with Crippen LogP contribution in [0.2, 0.25) is 0 Å². The smallest absolute Gasteiger partial charge is 0.0360 e. The van der Waals surface area contributed by atoms with Crippen LogP contribution in [0.15, 0.2) is 42.5 Å². The molecule has 0 saturated carbocycles. The summed E-state index contributed by atoms with van der Waals surface area (Å²) in [5.41, 5.74) is 1.19. The van der Waals surface area contributed by atoms with Gasteiger partial charge in [-0.15, -0.1) is 0 Å². The third kappa shape index (κ3) is 3.21. The Labute approximate surface area is 103 Å². The molecule has 0 aliphatic carbocycles. The largest absolute Gasteiger partial charge is 0.381 e. The SMILES string of the molecule is CC(CN(C)C)Nc1ccc2ccccc2c1. The van der Waals surface area contributed by atoms with Gasteiger partial charge < -0.3 is 10.2 Å². The number of rotatable bonds is 4. The van der Waals surface area contributed by atoms with Crippen molar-refractivity contribution in [2.45, 2.75) is 13.0 Å². The molecule has 0 bridgehead atoms. The minimum atomic E-state index is 0.450. The number of hydrogen-bond acceptors (Lipinski definition) is 2. The molecule has 0 saturated heterocycles. The number of anilines is 1. The van der Waals surface area contributed by atoms with Crippen molar-refractivity contribution in [3.63, 3.8) is 0 Å². The molecule has 2 nitrogen and oxygen atoms in total. The van der Waals surface area contributed by atoms with E-state index in [1.807, 2.05) is 0 Å². The highest BCUT2D eigenvalue weighted by molar-refractivity contribution is 5.85. The van der Waals surface area contributed by atoms with Crippen molar-refractivity contribution < 1.29 is 0 Å². The third-order valence-electron chi connectivity index (χ3n) is 2.80. The van der Waals surface area contributed by atoms with Crippen LogP contribution in [-0.4, -0.2) is 31.6 Å². The lowest BCUT2D eigenvalue weighted by Crippen LogP contribution is -2.29. The fraction of sp³-hybridized carbons (Fsp3) is 0.333. The molecule has 2 rings (SSSR count). The van der Waals surface area contributed by atoms with E-state index in [9.17, 15) is 0 Å². The number of hydrogen-bond donors (Lipinski definition) is 1. The van der Waals surface area contributed by atoms with E-state index in [0.717, 1.165) is 6.54 Å². The van der Waals surface area contributed by atoms with Crippen LogP contribution in [0.3, 0.4) is 0 Å². The topological polar surface area (TPSA) is 15.3 Å². The molecular weight excluding hydrogens is 208 g/mol. The number of benzene rings is 2. The summed E-state index contributed by atoms with van der Waals surface area (Å²) in [6, 6.07) is 15.4. The second-order valence-corrected chi connectivity index (χ2v) is 4.87. The van der Waals surface area contributed by atoms with Gasteiger partial charge in [-0.25, -0.2) is 0 Å². The van der Waals surface area contributed by atoms with E-state index in [1.54, 1.807) is 0 Å². The van der Waals surface area contributed by atoms with Gasteiger partial charge in [0.15, 0.2) is 0 Å². The van der Waals surface area contributed by atoms with Crippen LogP contribution in [0, 0.1) is 0 Å². The van der Waals surface area contributed by atoms with Crippen molar-refractivity contribution in [1.29, 1.82) is 0 Å². The summed E-state index contributed by atoms with van der Waals surface area (Å²) in [6.07, 6.45) is 0. The molecule has 2 heteroatoms. The molecule has 0 radical (unpaired) electrons. The second kappa shape index (κ2) is 5.19. The van der Waals surface area contributed by atoms with E-state index < -0.39 is 0 Å². The van der Waals surface area contributed by atoms with E-state index >= 15 is 0 Å². The van der Waals surface area contributed by atoms with Gasteiger partial charge >= 0.3 is 0 Å². The van der Waals surface area contributed by atoms with E-state index in [2.05, 4.69) is 73.7 Å². The van der Waals surface area contributed by atoms with Gasteiger partial charge in [0.1, 0.15) is 0 Å². The molecule has 0 amide bonds. The molecule has 0 aliphatic heterocycles. The summed E-state index contributed by atoms with van der Waals surface area (Å²) in [4.78, 5) is 2.19. The number of fused-ring (bicyclic) bond motifs is 1. The molecule has 0 aliphatic rings. The van der Waals surface area contributed by atoms with Crippen LogP contribution in [-0.2, 0) is 0 Å². The second-order valence-electron chi connectivity index (χ2n) is 4.87. The molecule has 90 valence electrons. The molecule has 0 heterocycles. The maximum atomic E-state index is 3.52. The van der Waals surface area contributed by atoms with Gasteiger partial charge in [0.05, 0.1) is 0 Å². The summed E-state index contributed by atoms with van der Waals surface area (Å²) >= 11 is 0. The summed E-state index contributed by atoms with van der Waals surface area (Å²) in [6.45, 7) is 3.24. The van der Waals surface area contributed by atoms with Crippen LogP contribution in [0.25, 0.3) is 10.8 Å². The standard InChI is InChI=1S/C15H20N2/c1-12(11-17(2)3)16-15-9-8-13-6-4-5-7-14(13)10-15/h4-10,12,16H,11H2,1-3H3. The Hall–Kier alpha value is -1.54. The Morgan fingerprint density at radius 1 is 1.06 bits per heavy atom. The van der Waals surface area contributed by atoms with Crippen molar-refractivity contribution in [3.8, 4) is 0 Å². The lowest BCUT2D eigenvalue weighted by Gasteiger charge is -2.19. The number of nitrogens with zero attached hydrogens (tertiary/aromatic N) is 1. The lowest BCUT2D eigenvalue weighted by molar-refractivity contribution is 0.392. The van der Waals surface area contributed by atoms with Crippen molar-refractivity contribution >= 4 is 16.5 Å². The van der Waals surface area contributed by atoms with E-state index in [1.165, 1.54) is 16.5 Å². The Balaban J connectivity index is 2.14. The van der Waals surface area contributed by atoms with Crippen LogP contribution in [0.1, 0.15) is 6.92 Å². The van der Waals surface area contributed by atoms with E-state index in [0.29, 0.717) is 6.04 Å². The molecule has 0 aromatic heterocycles. The molecular formula is C15H20N2. The summed E-state index contributed by atoms with van der Waals surface area (Å²) in [5.74, 6) is 0. The zero-order valence-corrected chi connectivity index (χ0v) is 10.8. The highest BCUT2D eigenvalue weighted by Gasteiger charge is 2.03. The summed E-state index contributed by atoms with van der Waals surface area (Å²) in [7, 11) is 4.19. The number of nitrogens with one attached hydrogen (secondary N) is 1. The predicted octanol–water partition coefficient (Wildman–Crippen LogP) is 3.20. The summed E-state index contributed by atoms with van der Waals surface area (Å²) in [5, 5.41) is 6.10. The maximum Gasteiger partial charge on any atom is 0.0360 e. The van der Waals surface area contributed by atoms with Crippen molar-refractivity contribution in [1.82, 2.24) is 4.90 Å². The first-order valence-corrected chi connectivity index (χ1v) is 6.05. The average Bonchev–Trinajstić information content (AvgIpc) is 2.27. The first-order chi connectivity index (χ1) is 8.15. The molecule has 0 fully saturated rings. The van der Waals surface area contributed by atoms with Gasteiger partial charge in [0.25, 0.3) is 0 Å². The fourth-order valence-electron chi connectivity index (χ4n) is 2.16. The zero-order chi connectivity index (χ0) is 12.3. The Bertz CT molecular complexity index is 491. The third-order valence-corrected chi connectivity index (χ3v) is 2.80. The van der Waals surface area contributed by atoms with Gasteiger partial charge in [-0.3, -0.25) is 0 Å². The highest BCUT2D eigenvalue weighted by Crippen LogP contribution is 2.19. The fourth-order valence-corrected chi connectivity index (χ4v) is 2.16. The minimum Gasteiger partial charge on any atom is -0.381 e. The van der Waals surface area contributed by atoms with Gasteiger partial charge in [-0.2, -0.15) is 0 Å². The first kappa shape index (κ1) is 11.9. The van der Waals surface area contributed by atoms with Gasteiger partial charge in [-0.05, 0) is 43.9 Å². The Morgan fingerprint density at radius 3 is 2.47 bits per heavy atom. The molecule has 1 N–H and O–H groups in total. The molecule has 0 spiro atoms. The van der Waals surface area contributed by atoms with Crippen molar-refractivity contribution in [2.75, 3.05) is 26.0 Å². The Kier molecular flexibility index (Phi) is 3.64. The van der Waals surface area contributed by atoms with Crippen molar-refractivity contribution in [2.24, 2.45) is 0 Å². The molecule has 1 atom stereocenters. The van der Waals surface area contributed by atoms with E-state index in [4.69, 9.17) is 0 Å². The zero-order valence-electron chi connectivity index (χ0n) is 10.8. The first-order valence-electron chi connectivity index (χ1n) is 6.05. The molecule has 2 aromatic carbocycles. The summed E-state index contributed by atoms with van der Waals surface area (Å²) < 4.78 is 0. The van der Waals surface area contributed by atoms with Crippen molar-refractivity contribution in [3.05, 3.63) is 42.5 Å². The van der Waals surface area contributed by atoms with Crippen LogP contribution in [0.5, 0.6) is 0 Å². The van der Waals surface area contributed by atoms with E-state index in [-0.39, 0.29) is 0 Å². The van der Waals surface area contributed by atoms with Crippen LogP contribution >= 0.6 is 0 Å².